The molecule has 0 radical (unpaired) electrons. The zero-order chi connectivity index (χ0) is 22.5. The van der Waals surface area contributed by atoms with Crippen LogP contribution < -0.4 is 10.6 Å². The third kappa shape index (κ3) is 4.77. The minimum absolute atomic E-state index is 0.0230. The Balaban J connectivity index is 1.93. The summed E-state index contributed by atoms with van der Waals surface area (Å²) in [5.74, 6) is -2.16. The van der Waals surface area contributed by atoms with E-state index in [1.54, 1.807) is 36.2 Å². The van der Waals surface area contributed by atoms with Crippen molar-refractivity contribution in [2.45, 2.75) is 32.2 Å². The van der Waals surface area contributed by atoms with Crippen LogP contribution in [-0.2, 0) is 14.4 Å². The number of aliphatic hydroxyl groups is 1. The standard InChI is InChI=1S/C23H30ClN3O4/c1-3-14-6-11-17-19(18(14)21(29)25-2)23(31)27(12-4-5-13-28)20(17)22(30)26-16-9-7-15(24)8-10-16/h6-11,14,17-20,28H,3-5,12-13H2,1-2H3,(H,25,29)(H,26,30)/t14-,17+,18-,19+,20+/m1/s1. The number of carbonyl (C=O) groups is 3. The first-order valence-electron chi connectivity index (χ1n) is 10.8. The lowest BCUT2D eigenvalue weighted by Gasteiger charge is -2.33. The van der Waals surface area contributed by atoms with Gasteiger partial charge in [-0.25, -0.2) is 0 Å². The van der Waals surface area contributed by atoms with E-state index >= 15 is 0 Å². The number of carbonyl (C=O) groups excluding carboxylic acids is 3. The second kappa shape index (κ2) is 10.3. The first-order chi connectivity index (χ1) is 14.9. The number of fused-ring (bicyclic) bond motifs is 1. The molecular weight excluding hydrogens is 418 g/mol. The average molecular weight is 448 g/mol. The number of allylic oxidation sites excluding steroid dienone is 1. The Hall–Kier alpha value is -2.38. The molecule has 1 saturated heterocycles. The van der Waals surface area contributed by atoms with Gasteiger partial charge in [0.1, 0.15) is 6.04 Å². The Kier molecular flexibility index (Phi) is 7.73. The minimum Gasteiger partial charge on any atom is -0.396 e. The van der Waals surface area contributed by atoms with Crippen molar-refractivity contribution in [1.29, 1.82) is 0 Å². The van der Waals surface area contributed by atoms with E-state index in [-0.39, 0.29) is 36.2 Å². The van der Waals surface area contributed by atoms with Gasteiger partial charge in [0.25, 0.3) is 0 Å². The first-order valence-corrected chi connectivity index (χ1v) is 11.2. The molecule has 3 N–H and O–H groups in total. The summed E-state index contributed by atoms with van der Waals surface area (Å²) in [6, 6.07) is 6.08. The van der Waals surface area contributed by atoms with Crippen LogP contribution in [-0.4, -0.2) is 54.0 Å². The van der Waals surface area contributed by atoms with Gasteiger partial charge in [-0.1, -0.05) is 30.7 Å². The Morgan fingerprint density at radius 2 is 1.84 bits per heavy atom. The van der Waals surface area contributed by atoms with E-state index in [2.05, 4.69) is 10.6 Å². The van der Waals surface area contributed by atoms with Crippen molar-refractivity contribution >= 4 is 35.0 Å². The van der Waals surface area contributed by atoms with Gasteiger partial charge in [-0.2, -0.15) is 0 Å². The number of unbranched alkanes of at least 4 members (excludes halogenated alkanes) is 1. The number of likely N-dealkylation sites (tertiary alicyclic amines) is 1. The average Bonchev–Trinajstić information content (AvgIpc) is 3.06. The quantitative estimate of drug-likeness (QED) is 0.421. The van der Waals surface area contributed by atoms with E-state index in [0.29, 0.717) is 30.1 Å². The number of nitrogens with zero attached hydrogens (tertiary/aromatic N) is 1. The highest BCUT2D eigenvalue weighted by Gasteiger charge is 2.56. The monoisotopic (exact) mass is 447 g/mol. The van der Waals surface area contributed by atoms with Crippen LogP contribution in [0, 0.1) is 23.7 Å². The number of benzene rings is 1. The SMILES string of the molecule is CC[C@@H]1C=C[C@H]2[C@H](C(=O)N(CCCCO)[C@@H]2C(=O)Nc2ccc(Cl)cc2)[C@@H]1C(=O)NC. The Morgan fingerprint density at radius 1 is 1.13 bits per heavy atom. The number of amides is 3. The summed E-state index contributed by atoms with van der Waals surface area (Å²) in [4.78, 5) is 41.1. The summed E-state index contributed by atoms with van der Waals surface area (Å²) in [6.07, 6.45) is 5.77. The van der Waals surface area contributed by atoms with Crippen molar-refractivity contribution in [2.75, 3.05) is 25.5 Å². The van der Waals surface area contributed by atoms with E-state index in [0.717, 1.165) is 6.42 Å². The van der Waals surface area contributed by atoms with Crippen molar-refractivity contribution in [1.82, 2.24) is 10.2 Å². The maximum absolute atomic E-state index is 13.5. The van der Waals surface area contributed by atoms with E-state index in [1.165, 1.54) is 0 Å². The maximum Gasteiger partial charge on any atom is 0.247 e. The molecule has 3 rings (SSSR count). The molecule has 7 nitrogen and oxygen atoms in total. The molecule has 1 aromatic carbocycles. The molecule has 0 spiro atoms. The summed E-state index contributed by atoms with van der Waals surface area (Å²) >= 11 is 5.93. The van der Waals surface area contributed by atoms with Crippen molar-refractivity contribution in [3.63, 3.8) is 0 Å². The van der Waals surface area contributed by atoms with Crippen molar-refractivity contribution < 1.29 is 19.5 Å². The van der Waals surface area contributed by atoms with Gasteiger partial charge in [-0.15, -0.1) is 0 Å². The number of hydrogen-bond acceptors (Lipinski definition) is 4. The number of nitrogens with one attached hydrogen (secondary N) is 2. The number of halogens is 1. The minimum atomic E-state index is -0.715. The smallest absolute Gasteiger partial charge is 0.247 e. The molecule has 8 heteroatoms. The van der Waals surface area contributed by atoms with Gasteiger partial charge in [0.15, 0.2) is 0 Å². The highest BCUT2D eigenvalue weighted by Crippen LogP contribution is 2.45. The van der Waals surface area contributed by atoms with E-state index < -0.39 is 17.9 Å². The van der Waals surface area contributed by atoms with Gasteiger partial charge in [-0.05, 0) is 49.4 Å². The third-order valence-corrected chi connectivity index (χ3v) is 6.57. The van der Waals surface area contributed by atoms with Crippen LogP contribution in [0.3, 0.4) is 0 Å². The second-order valence-electron chi connectivity index (χ2n) is 8.10. The number of rotatable bonds is 8. The predicted octanol–water partition coefficient (Wildman–Crippen LogP) is 2.45. The molecule has 0 aromatic heterocycles. The molecule has 1 fully saturated rings. The van der Waals surface area contributed by atoms with E-state index in [1.807, 2.05) is 19.1 Å². The van der Waals surface area contributed by atoms with Gasteiger partial charge < -0.3 is 20.6 Å². The van der Waals surface area contributed by atoms with E-state index in [9.17, 15) is 14.4 Å². The Bertz CT molecular complexity index is 842. The molecule has 1 aliphatic carbocycles. The fourth-order valence-corrected chi connectivity index (χ4v) is 4.92. The Labute approximate surface area is 187 Å². The van der Waals surface area contributed by atoms with Crippen LogP contribution in [0.4, 0.5) is 5.69 Å². The van der Waals surface area contributed by atoms with Crippen molar-refractivity contribution in [3.8, 4) is 0 Å². The zero-order valence-corrected chi connectivity index (χ0v) is 18.6. The lowest BCUT2D eigenvalue weighted by Crippen LogP contribution is -2.45. The predicted molar refractivity (Wildman–Crippen MR) is 119 cm³/mol. The molecule has 168 valence electrons. The largest absolute Gasteiger partial charge is 0.396 e. The third-order valence-electron chi connectivity index (χ3n) is 6.32. The second-order valence-corrected chi connectivity index (χ2v) is 8.54. The Morgan fingerprint density at radius 3 is 2.45 bits per heavy atom. The molecule has 1 aliphatic heterocycles. The first kappa shape index (κ1) is 23.3. The van der Waals surface area contributed by atoms with Gasteiger partial charge in [-0.3, -0.25) is 14.4 Å². The van der Waals surface area contributed by atoms with Crippen LogP contribution >= 0.6 is 11.6 Å². The molecule has 2 aliphatic rings. The molecule has 1 aromatic rings. The fourth-order valence-electron chi connectivity index (χ4n) is 4.80. The number of hydrogen-bond donors (Lipinski definition) is 3. The lowest BCUT2D eigenvalue weighted by atomic mass is 9.69. The summed E-state index contributed by atoms with van der Waals surface area (Å²) < 4.78 is 0. The fraction of sp³-hybridized carbons (Fsp3) is 0.522. The molecule has 3 amide bonds. The van der Waals surface area contributed by atoms with Crippen LogP contribution in [0.5, 0.6) is 0 Å². The summed E-state index contributed by atoms with van der Waals surface area (Å²) in [7, 11) is 1.57. The normalized spacial score (nSPS) is 27.2. The van der Waals surface area contributed by atoms with Crippen molar-refractivity contribution in [2.24, 2.45) is 23.7 Å². The highest BCUT2D eigenvalue weighted by molar-refractivity contribution is 6.30. The van der Waals surface area contributed by atoms with Crippen LogP contribution in [0.1, 0.15) is 26.2 Å². The van der Waals surface area contributed by atoms with Gasteiger partial charge in [0.2, 0.25) is 17.7 Å². The zero-order valence-electron chi connectivity index (χ0n) is 17.9. The van der Waals surface area contributed by atoms with Crippen LogP contribution in [0.15, 0.2) is 36.4 Å². The van der Waals surface area contributed by atoms with E-state index in [4.69, 9.17) is 16.7 Å². The number of aliphatic hydroxyl groups excluding tert-OH is 1. The topological polar surface area (TPSA) is 98.7 Å². The number of anilines is 1. The molecule has 0 bridgehead atoms. The summed E-state index contributed by atoms with van der Waals surface area (Å²) in [5, 5.41) is 15.3. The van der Waals surface area contributed by atoms with Crippen LogP contribution in [0.2, 0.25) is 5.02 Å². The summed E-state index contributed by atoms with van der Waals surface area (Å²) in [5.41, 5.74) is 0.592. The highest BCUT2D eigenvalue weighted by atomic mass is 35.5. The van der Waals surface area contributed by atoms with Gasteiger partial charge >= 0.3 is 0 Å². The van der Waals surface area contributed by atoms with Crippen molar-refractivity contribution in [3.05, 3.63) is 41.4 Å². The van der Waals surface area contributed by atoms with Crippen LogP contribution in [0.25, 0.3) is 0 Å². The molecule has 31 heavy (non-hydrogen) atoms. The molecule has 1 heterocycles. The summed E-state index contributed by atoms with van der Waals surface area (Å²) in [6.45, 7) is 2.37. The lowest BCUT2D eigenvalue weighted by molar-refractivity contribution is -0.140. The molecular formula is C23H30ClN3O4. The maximum atomic E-state index is 13.5. The van der Waals surface area contributed by atoms with Gasteiger partial charge in [0, 0.05) is 36.8 Å². The molecule has 0 saturated carbocycles. The molecule has 0 unspecified atom stereocenters. The molecule has 5 atom stereocenters. The van der Waals surface area contributed by atoms with Gasteiger partial charge in [0.05, 0.1) is 11.8 Å².